The molecule has 0 heterocycles. The van der Waals surface area contributed by atoms with Gasteiger partial charge < -0.3 is 5.73 Å². The van der Waals surface area contributed by atoms with E-state index in [1.165, 1.54) is 0 Å². The normalized spacial score (nSPS) is 13.9. The molecule has 1 aromatic rings. The van der Waals surface area contributed by atoms with Crippen molar-refractivity contribution in [1.82, 2.24) is 4.72 Å². The second-order valence-electron chi connectivity index (χ2n) is 4.68. The molecular weight excluding hydrogens is 236 g/mol. The van der Waals surface area contributed by atoms with Crippen LogP contribution in [0.4, 0.5) is 5.69 Å². The zero-order valence-corrected chi connectivity index (χ0v) is 11.5. The summed E-state index contributed by atoms with van der Waals surface area (Å²) >= 11 is 0. The Morgan fingerprint density at radius 1 is 1.24 bits per heavy atom. The van der Waals surface area contributed by atoms with Crippen molar-refractivity contribution in [3.63, 3.8) is 0 Å². The van der Waals surface area contributed by atoms with Gasteiger partial charge in [0.25, 0.3) is 0 Å². The molecule has 0 aliphatic heterocycles. The van der Waals surface area contributed by atoms with Gasteiger partial charge in [-0.15, -0.1) is 0 Å². The minimum Gasteiger partial charge on any atom is -0.399 e. The van der Waals surface area contributed by atoms with Gasteiger partial charge in [0.2, 0.25) is 10.0 Å². The van der Waals surface area contributed by atoms with Crippen LogP contribution in [-0.2, 0) is 10.0 Å². The molecule has 0 amide bonds. The van der Waals surface area contributed by atoms with Gasteiger partial charge in [-0.25, -0.2) is 13.1 Å². The highest BCUT2D eigenvalue weighted by Gasteiger charge is 2.20. The second-order valence-corrected chi connectivity index (χ2v) is 6.36. The van der Waals surface area contributed by atoms with Crippen molar-refractivity contribution >= 4 is 15.7 Å². The molecule has 3 N–H and O–H groups in total. The number of nitrogens with two attached hydrogens (primary N) is 1. The third-order valence-electron chi connectivity index (χ3n) is 2.83. The predicted molar refractivity (Wildman–Crippen MR) is 70.2 cm³/mol. The molecule has 0 fully saturated rings. The van der Waals surface area contributed by atoms with Crippen molar-refractivity contribution in [1.29, 1.82) is 0 Å². The SMILES string of the molecule is Cc1cc(N)ccc1S(=O)(=O)NC(C)C(C)C. The Balaban J connectivity index is 3.06. The van der Waals surface area contributed by atoms with E-state index in [9.17, 15) is 8.42 Å². The van der Waals surface area contributed by atoms with Crippen LogP contribution in [0, 0.1) is 12.8 Å². The highest BCUT2D eigenvalue weighted by Crippen LogP contribution is 2.18. The molecule has 4 nitrogen and oxygen atoms in total. The van der Waals surface area contributed by atoms with Crippen LogP contribution in [0.3, 0.4) is 0 Å². The average molecular weight is 256 g/mol. The fourth-order valence-electron chi connectivity index (χ4n) is 1.42. The Kier molecular flexibility index (Phi) is 4.16. The smallest absolute Gasteiger partial charge is 0.241 e. The Labute approximate surface area is 103 Å². The summed E-state index contributed by atoms with van der Waals surface area (Å²) in [7, 11) is -3.46. The molecule has 1 atom stereocenters. The van der Waals surface area contributed by atoms with Gasteiger partial charge in [-0.1, -0.05) is 13.8 Å². The minimum atomic E-state index is -3.46. The summed E-state index contributed by atoms with van der Waals surface area (Å²) in [5.41, 5.74) is 6.83. The molecule has 0 spiro atoms. The van der Waals surface area contributed by atoms with E-state index < -0.39 is 10.0 Å². The maximum absolute atomic E-state index is 12.1. The van der Waals surface area contributed by atoms with Crippen LogP contribution in [0.5, 0.6) is 0 Å². The second kappa shape index (κ2) is 5.06. The largest absolute Gasteiger partial charge is 0.399 e. The quantitative estimate of drug-likeness (QED) is 0.808. The van der Waals surface area contributed by atoms with E-state index in [1.807, 2.05) is 20.8 Å². The number of aryl methyl sites for hydroxylation is 1. The van der Waals surface area contributed by atoms with E-state index in [4.69, 9.17) is 5.73 Å². The molecular formula is C12H20N2O2S. The molecule has 0 aromatic heterocycles. The fraction of sp³-hybridized carbons (Fsp3) is 0.500. The lowest BCUT2D eigenvalue weighted by Crippen LogP contribution is -2.36. The zero-order valence-electron chi connectivity index (χ0n) is 10.7. The number of anilines is 1. The molecule has 5 heteroatoms. The van der Waals surface area contributed by atoms with Crippen molar-refractivity contribution in [2.24, 2.45) is 5.92 Å². The molecule has 0 aliphatic rings. The van der Waals surface area contributed by atoms with Crippen LogP contribution in [0.25, 0.3) is 0 Å². The molecule has 1 aromatic carbocycles. The number of benzene rings is 1. The van der Waals surface area contributed by atoms with Crippen molar-refractivity contribution in [2.75, 3.05) is 5.73 Å². The summed E-state index contributed by atoms with van der Waals surface area (Å²) in [5, 5.41) is 0. The van der Waals surface area contributed by atoms with Crippen LogP contribution in [0.15, 0.2) is 23.1 Å². The molecule has 0 saturated heterocycles. The maximum atomic E-state index is 12.1. The van der Waals surface area contributed by atoms with Crippen LogP contribution < -0.4 is 10.5 Å². The summed E-state index contributed by atoms with van der Waals surface area (Å²) < 4.78 is 26.9. The Morgan fingerprint density at radius 3 is 2.29 bits per heavy atom. The van der Waals surface area contributed by atoms with Crippen molar-refractivity contribution in [2.45, 2.75) is 38.6 Å². The standard InChI is InChI=1S/C12H20N2O2S/c1-8(2)10(4)14-17(15,16)12-6-5-11(13)7-9(12)3/h5-8,10,14H,13H2,1-4H3. The van der Waals surface area contributed by atoms with Gasteiger partial charge in [0.15, 0.2) is 0 Å². The summed E-state index contributed by atoms with van der Waals surface area (Å²) in [6, 6.07) is 4.70. The lowest BCUT2D eigenvalue weighted by atomic mass is 10.1. The van der Waals surface area contributed by atoms with Crippen molar-refractivity contribution in [3.05, 3.63) is 23.8 Å². The first-order valence-corrected chi connectivity index (χ1v) is 7.11. The van der Waals surface area contributed by atoms with E-state index in [-0.39, 0.29) is 12.0 Å². The minimum absolute atomic E-state index is 0.100. The molecule has 0 radical (unpaired) electrons. The first-order chi connectivity index (χ1) is 7.74. The third-order valence-corrected chi connectivity index (χ3v) is 4.55. The third kappa shape index (κ3) is 3.44. The molecule has 0 aliphatic carbocycles. The summed E-state index contributed by atoms with van der Waals surface area (Å²) in [4.78, 5) is 0.291. The lowest BCUT2D eigenvalue weighted by Gasteiger charge is -2.18. The molecule has 1 unspecified atom stereocenters. The fourth-order valence-corrected chi connectivity index (χ4v) is 3.04. The topological polar surface area (TPSA) is 72.2 Å². The molecule has 0 saturated carbocycles. The van der Waals surface area contributed by atoms with Gasteiger partial charge >= 0.3 is 0 Å². The van der Waals surface area contributed by atoms with Crippen LogP contribution in [0.1, 0.15) is 26.3 Å². The Hall–Kier alpha value is -1.07. The number of sulfonamides is 1. The predicted octanol–water partition coefficient (Wildman–Crippen LogP) is 1.90. The van der Waals surface area contributed by atoms with E-state index in [2.05, 4.69) is 4.72 Å². The van der Waals surface area contributed by atoms with Gasteiger partial charge in [0, 0.05) is 11.7 Å². The number of nitrogen functional groups attached to an aromatic ring is 1. The van der Waals surface area contributed by atoms with Crippen molar-refractivity contribution < 1.29 is 8.42 Å². The maximum Gasteiger partial charge on any atom is 0.241 e. The Bertz CT molecular complexity index is 495. The highest BCUT2D eigenvalue weighted by atomic mass is 32.2. The number of hydrogen-bond donors (Lipinski definition) is 2. The summed E-state index contributed by atoms with van der Waals surface area (Å²) in [5.74, 6) is 0.249. The molecule has 1 rings (SSSR count). The molecule has 17 heavy (non-hydrogen) atoms. The first kappa shape index (κ1) is 14.0. The van der Waals surface area contributed by atoms with Gasteiger partial charge in [-0.3, -0.25) is 0 Å². The first-order valence-electron chi connectivity index (χ1n) is 5.62. The van der Waals surface area contributed by atoms with E-state index in [0.29, 0.717) is 16.1 Å². The van der Waals surface area contributed by atoms with Gasteiger partial charge in [0.1, 0.15) is 0 Å². The van der Waals surface area contributed by atoms with E-state index in [1.54, 1.807) is 25.1 Å². The Morgan fingerprint density at radius 2 is 1.82 bits per heavy atom. The van der Waals surface area contributed by atoms with Crippen LogP contribution >= 0.6 is 0 Å². The molecule has 96 valence electrons. The monoisotopic (exact) mass is 256 g/mol. The van der Waals surface area contributed by atoms with Gasteiger partial charge in [-0.05, 0) is 43.5 Å². The van der Waals surface area contributed by atoms with Gasteiger partial charge in [0.05, 0.1) is 4.90 Å². The number of rotatable bonds is 4. The van der Waals surface area contributed by atoms with Crippen LogP contribution in [-0.4, -0.2) is 14.5 Å². The summed E-state index contributed by atoms with van der Waals surface area (Å²) in [6.07, 6.45) is 0. The molecule has 0 bridgehead atoms. The highest BCUT2D eigenvalue weighted by molar-refractivity contribution is 7.89. The van der Waals surface area contributed by atoms with E-state index >= 15 is 0 Å². The lowest BCUT2D eigenvalue weighted by molar-refractivity contribution is 0.476. The van der Waals surface area contributed by atoms with Crippen LogP contribution in [0.2, 0.25) is 0 Å². The number of nitrogens with one attached hydrogen (secondary N) is 1. The zero-order chi connectivity index (χ0) is 13.2. The number of hydrogen-bond acceptors (Lipinski definition) is 3. The van der Waals surface area contributed by atoms with Crippen molar-refractivity contribution in [3.8, 4) is 0 Å². The average Bonchev–Trinajstić information content (AvgIpc) is 2.15. The van der Waals surface area contributed by atoms with Gasteiger partial charge in [-0.2, -0.15) is 0 Å². The van der Waals surface area contributed by atoms with E-state index in [0.717, 1.165) is 0 Å². The summed E-state index contributed by atoms with van der Waals surface area (Å²) in [6.45, 7) is 7.55.